The number of aryl methyl sites for hydroxylation is 1. The van der Waals surface area contributed by atoms with Gasteiger partial charge < -0.3 is 14.7 Å². The monoisotopic (exact) mass is 297 g/mol. The zero-order chi connectivity index (χ0) is 15.7. The Bertz CT molecular complexity index is 711. The number of nitrogens with zero attached hydrogens (tertiary/aromatic N) is 1. The molecule has 3 rings (SSSR count). The lowest BCUT2D eigenvalue weighted by molar-refractivity contribution is -0.126. The number of fused-ring (bicyclic) bond motifs is 1. The van der Waals surface area contributed by atoms with Crippen molar-refractivity contribution in [1.29, 1.82) is 0 Å². The lowest BCUT2D eigenvalue weighted by Gasteiger charge is -2.34. The molecule has 1 unspecified atom stereocenters. The number of hydrogen-bond donors (Lipinski definition) is 1. The topological polar surface area (TPSA) is 49.8 Å². The van der Waals surface area contributed by atoms with Crippen LogP contribution in [0.3, 0.4) is 0 Å². The van der Waals surface area contributed by atoms with Crippen molar-refractivity contribution in [3.05, 3.63) is 53.6 Å². The Morgan fingerprint density at radius 1 is 1.23 bits per heavy atom. The second kappa shape index (κ2) is 5.72. The molecular weight excluding hydrogens is 278 g/mol. The standard InChI is InChI=1S/C18H19NO3/c1-3-19-15-9-8-14(20)11-16(15)22-17(18(19)21)10-13-7-5-4-6-12(13)2/h4-9,11,17,20H,3,10H2,1-2H3. The number of hydrogen-bond acceptors (Lipinski definition) is 3. The van der Waals surface area contributed by atoms with E-state index in [1.54, 1.807) is 23.1 Å². The second-order valence-corrected chi connectivity index (χ2v) is 5.47. The first-order valence-corrected chi connectivity index (χ1v) is 7.45. The molecule has 0 fully saturated rings. The maximum atomic E-state index is 12.7. The Balaban J connectivity index is 1.94. The normalized spacial score (nSPS) is 17.1. The number of phenolic OH excluding ortho intramolecular Hbond substituents is 1. The minimum atomic E-state index is -0.560. The van der Waals surface area contributed by atoms with Crippen molar-refractivity contribution >= 4 is 11.6 Å². The third kappa shape index (κ3) is 2.52. The van der Waals surface area contributed by atoms with Gasteiger partial charge in [-0.2, -0.15) is 0 Å². The van der Waals surface area contributed by atoms with Crippen molar-refractivity contribution in [3.63, 3.8) is 0 Å². The number of ether oxygens (including phenoxy) is 1. The third-order valence-electron chi connectivity index (χ3n) is 4.03. The smallest absolute Gasteiger partial charge is 0.268 e. The van der Waals surface area contributed by atoms with Crippen molar-refractivity contribution in [3.8, 4) is 11.5 Å². The van der Waals surface area contributed by atoms with Crippen LogP contribution in [0.25, 0.3) is 0 Å². The number of phenols is 1. The third-order valence-corrected chi connectivity index (χ3v) is 4.03. The molecule has 114 valence electrons. The van der Waals surface area contributed by atoms with Crippen LogP contribution >= 0.6 is 0 Å². The first kappa shape index (κ1) is 14.4. The molecule has 1 amide bonds. The molecule has 2 aromatic rings. The zero-order valence-electron chi connectivity index (χ0n) is 12.7. The Kier molecular flexibility index (Phi) is 3.75. The Morgan fingerprint density at radius 2 is 2.00 bits per heavy atom. The highest BCUT2D eigenvalue weighted by Gasteiger charge is 2.34. The molecule has 0 spiro atoms. The van der Waals surface area contributed by atoms with E-state index in [-0.39, 0.29) is 11.7 Å². The molecule has 22 heavy (non-hydrogen) atoms. The van der Waals surface area contributed by atoms with E-state index >= 15 is 0 Å². The maximum absolute atomic E-state index is 12.7. The van der Waals surface area contributed by atoms with Gasteiger partial charge in [-0.25, -0.2) is 0 Å². The molecule has 0 aliphatic carbocycles. The van der Waals surface area contributed by atoms with Crippen molar-refractivity contribution in [2.75, 3.05) is 11.4 Å². The molecule has 4 heteroatoms. The lowest BCUT2D eigenvalue weighted by Crippen LogP contribution is -2.46. The number of anilines is 1. The summed E-state index contributed by atoms with van der Waals surface area (Å²) < 4.78 is 5.86. The first-order valence-electron chi connectivity index (χ1n) is 7.45. The predicted molar refractivity (Wildman–Crippen MR) is 85.4 cm³/mol. The van der Waals surface area contributed by atoms with Gasteiger partial charge in [-0.1, -0.05) is 24.3 Å². The van der Waals surface area contributed by atoms with Gasteiger partial charge in [0.2, 0.25) is 0 Å². The largest absolute Gasteiger partial charge is 0.508 e. The summed E-state index contributed by atoms with van der Waals surface area (Å²) in [6.45, 7) is 4.54. The summed E-state index contributed by atoms with van der Waals surface area (Å²) in [6.07, 6.45) is -0.0350. The number of carbonyl (C=O) groups excluding carboxylic acids is 1. The number of rotatable bonds is 3. The van der Waals surface area contributed by atoms with Crippen molar-refractivity contribution < 1.29 is 14.6 Å². The molecule has 1 aliphatic heterocycles. The molecule has 0 bridgehead atoms. The summed E-state index contributed by atoms with van der Waals surface area (Å²) in [7, 11) is 0. The molecule has 0 radical (unpaired) electrons. The molecule has 2 aromatic carbocycles. The van der Waals surface area contributed by atoms with E-state index in [2.05, 4.69) is 0 Å². The van der Waals surface area contributed by atoms with Crippen LogP contribution in [-0.2, 0) is 11.2 Å². The fourth-order valence-corrected chi connectivity index (χ4v) is 2.81. The molecule has 1 heterocycles. The van der Waals surface area contributed by atoms with Crippen LogP contribution < -0.4 is 9.64 Å². The van der Waals surface area contributed by atoms with Gasteiger partial charge in [-0.05, 0) is 37.1 Å². The van der Waals surface area contributed by atoms with E-state index in [9.17, 15) is 9.90 Å². The summed E-state index contributed by atoms with van der Waals surface area (Å²) >= 11 is 0. The van der Waals surface area contributed by atoms with Gasteiger partial charge in [0.15, 0.2) is 6.10 Å². The molecular formula is C18H19NO3. The average Bonchev–Trinajstić information content (AvgIpc) is 2.50. The van der Waals surface area contributed by atoms with Crippen molar-refractivity contribution in [1.82, 2.24) is 0 Å². The number of carbonyl (C=O) groups is 1. The number of amides is 1. The molecule has 1 aliphatic rings. The fraction of sp³-hybridized carbons (Fsp3) is 0.278. The lowest BCUT2D eigenvalue weighted by atomic mass is 10.0. The van der Waals surface area contributed by atoms with Crippen LogP contribution in [0.2, 0.25) is 0 Å². The average molecular weight is 297 g/mol. The van der Waals surface area contributed by atoms with Gasteiger partial charge in [-0.15, -0.1) is 0 Å². The van der Waals surface area contributed by atoms with Gasteiger partial charge in [-0.3, -0.25) is 4.79 Å². The highest BCUT2D eigenvalue weighted by Crippen LogP contribution is 2.37. The summed E-state index contributed by atoms with van der Waals surface area (Å²) in [5.74, 6) is 0.655. The second-order valence-electron chi connectivity index (χ2n) is 5.47. The SMILES string of the molecule is CCN1C(=O)C(Cc2ccccc2C)Oc2cc(O)ccc21. The molecule has 1 atom stereocenters. The van der Waals surface area contributed by atoms with Gasteiger partial charge >= 0.3 is 0 Å². The van der Waals surface area contributed by atoms with E-state index in [1.807, 2.05) is 38.1 Å². The quantitative estimate of drug-likeness (QED) is 0.947. The van der Waals surface area contributed by atoms with Crippen LogP contribution in [0.4, 0.5) is 5.69 Å². The first-order chi connectivity index (χ1) is 10.6. The Hall–Kier alpha value is -2.49. The summed E-state index contributed by atoms with van der Waals surface area (Å²) in [5.41, 5.74) is 2.95. The molecule has 0 saturated carbocycles. The van der Waals surface area contributed by atoms with Gasteiger partial charge in [0.25, 0.3) is 5.91 Å². The minimum absolute atomic E-state index is 0.0380. The van der Waals surface area contributed by atoms with E-state index in [1.165, 1.54) is 0 Å². The van der Waals surface area contributed by atoms with Gasteiger partial charge in [0, 0.05) is 19.0 Å². The van der Waals surface area contributed by atoms with Gasteiger partial charge in [0.1, 0.15) is 11.5 Å². The van der Waals surface area contributed by atoms with E-state index in [4.69, 9.17) is 4.74 Å². The van der Waals surface area contributed by atoms with Crippen LogP contribution in [-0.4, -0.2) is 23.7 Å². The highest BCUT2D eigenvalue weighted by molar-refractivity contribution is 6.00. The van der Waals surface area contributed by atoms with Crippen molar-refractivity contribution in [2.24, 2.45) is 0 Å². The van der Waals surface area contributed by atoms with Gasteiger partial charge in [0.05, 0.1) is 5.69 Å². The number of benzene rings is 2. The minimum Gasteiger partial charge on any atom is -0.508 e. The van der Waals surface area contributed by atoms with Crippen LogP contribution in [0, 0.1) is 6.92 Å². The highest BCUT2D eigenvalue weighted by atomic mass is 16.5. The van der Waals surface area contributed by atoms with Crippen LogP contribution in [0.15, 0.2) is 42.5 Å². The van der Waals surface area contributed by atoms with Crippen LogP contribution in [0.5, 0.6) is 11.5 Å². The molecule has 4 nitrogen and oxygen atoms in total. The zero-order valence-corrected chi connectivity index (χ0v) is 12.7. The Labute approximate surface area is 130 Å². The van der Waals surface area contributed by atoms with Crippen LogP contribution in [0.1, 0.15) is 18.1 Å². The fourth-order valence-electron chi connectivity index (χ4n) is 2.81. The molecule has 0 aromatic heterocycles. The van der Waals surface area contributed by atoms with E-state index in [0.29, 0.717) is 24.4 Å². The summed E-state index contributed by atoms with van der Waals surface area (Å²) in [5, 5.41) is 9.65. The molecule has 0 saturated heterocycles. The predicted octanol–water partition coefficient (Wildman–Crippen LogP) is 3.06. The summed E-state index contributed by atoms with van der Waals surface area (Å²) in [4.78, 5) is 14.4. The maximum Gasteiger partial charge on any atom is 0.268 e. The summed E-state index contributed by atoms with van der Waals surface area (Å²) in [6, 6.07) is 12.8. The van der Waals surface area contributed by atoms with E-state index in [0.717, 1.165) is 11.1 Å². The Morgan fingerprint density at radius 3 is 2.73 bits per heavy atom. The number of likely N-dealkylation sites (N-methyl/N-ethyl adjacent to an activating group) is 1. The molecule has 1 N–H and O–H groups in total. The van der Waals surface area contributed by atoms with Crippen molar-refractivity contribution in [2.45, 2.75) is 26.4 Å². The van der Waals surface area contributed by atoms with E-state index < -0.39 is 6.10 Å². The number of aromatic hydroxyl groups is 1.